The van der Waals surface area contributed by atoms with Crippen LogP contribution in [0.3, 0.4) is 0 Å². The molecule has 2 aromatic rings. The molecule has 1 aromatic heterocycles. The number of imide groups is 1. The Morgan fingerprint density at radius 2 is 1.88 bits per heavy atom. The van der Waals surface area contributed by atoms with Crippen LogP contribution in [-0.4, -0.2) is 43.7 Å². The first-order valence-electron chi connectivity index (χ1n) is 11.1. The zero-order chi connectivity index (χ0) is 23.7. The summed E-state index contributed by atoms with van der Waals surface area (Å²) in [7, 11) is 1.85. The Bertz CT molecular complexity index is 1060. The van der Waals surface area contributed by atoms with Crippen molar-refractivity contribution < 1.29 is 9.59 Å². The second kappa shape index (κ2) is 9.99. The van der Waals surface area contributed by atoms with Gasteiger partial charge in [-0.3, -0.25) is 14.3 Å². The van der Waals surface area contributed by atoms with Crippen LogP contribution in [-0.2, 0) is 23.2 Å². The number of anilines is 1. The zero-order valence-corrected chi connectivity index (χ0v) is 21.0. The van der Waals surface area contributed by atoms with E-state index in [2.05, 4.69) is 10.4 Å². The molecule has 1 aliphatic heterocycles. The maximum atomic E-state index is 13.6. The fraction of sp³-hybridized carbons (Fsp3) is 0.478. The second-order valence-electron chi connectivity index (χ2n) is 8.68. The fourth-order valence-corrected chi connectivity index (χ4v) is 5.54. The molecule has 1 N–H and O–H groups in total. The quantitative estimate of drug-likeness (QED) is 0.478. The number of amides is 2. The third-order valence-electron chi connectivity index (χ3n) is 6.31. The van der Waals surface area contributed by atoms with Crippen LogP contribution in [0.1, 0.15) is 49.8 Å². The molecule has 33 heavy (non-hydrogen) atoms. The molecule has 2 aliphatic rings. The summed E-state index contributed by atoms with van der Waals surface area (Å²) in [5, 5.41) is 8.85. The van der Waals surface area contributed by atoms with Gasteiger partial charge in [-0.1, -0.05) is 48.5 Å². The molecular weight excluding hydrogens is 481 g/mol. The van der Waals surface area contributed by atoms with Gasteiger partial charge in [0.2, 0.25) is 5.91 Å². The molecule has 0 radical (unpaired) electrons. The van der Waals surface area contributed by atoms with E-state index in [0.717, 1.165) is 41.8 Å². The van der Waals surface area contributed by atoms with Gasteiger partial charge >= 0.3 is 0 Å². The molecule has 1 aliphatic carbocycles. The van der Waals surface area contributed by atoms with Gasteiger partial charge in [-0.05, 0) is 44.1 Å². The summed E-state index contributed by atoms with van der Waals surface area (Å²) < 4.78 is 1.73. The van der Waals surface area contributed by atoms with Crippen molar-refractivity contribution in [2.75, 3.05) is 4.90 Å². The first-order chi connectivity index (χ1) is 15.8. The Hall–Kier alpha value is -2.16. The van der Waals surface area contributed by atoms with Crippen LogP contribution in [0.4, 0.5) is 5.69 Å². The summed E-state index contributed by atoms with van der Waals surface area (Å²) >= 11 is 18.4. The molecule has 0 spiro atoms. The first-order valence-corrected chi connectivity index (χ1v) is 12.3. The second-order valence-corrected chi connectivity index (χ2v) is 9.88. The summed E-state index contributed by atoms with van der Waals surface area (Å²) in [6, 6.07) is 4.42. The van der Waals surface area contributed by atoms with E-state index in [1.54, 1.807) is 22.9 Å². The van der Waals surface area contributed by atoms with E-state index in [0.29, 0.717) is 11.7 Å². The minimum absolute atomic E-state index is 0.00776. The number of aromatic nitrogens is 2. The summed E-state index contributed by atoms with van der Waals surface area (Å²) in [5.74, 6) is -0.738. The van der Waals surface area contributed by atoms with Crippen LogP contribution >= 0.6 is 35.4 Å². The molecule has 1 aromatic carbocycles. The van der Waals surface area contributed by atoms with Crippen molar-refractivity contribution in [1.82, 2.24) is 20.0 Å². The van der Waals surface area contributed by atoms with E-state index in [4.69, 9.17) is 35.4 Å². The third kappa shape index (κ3) is 5.03. The number of carbonyl (C=O) groups excluding carboxylic acids is 2. The number of aryl methyl sites for hydroxylation is 2. The molecule has 2 fully saturated rings. The Labute approximate surface area is 209 Å². The predicted octanol–water partition coefficient (Wildman–Crippen LogP) is 4.38. The van der Waals surface area contributed by atoms with Crippen molar-refractivity contribution in [1.29, 1.82) is 0 Å². The van der Waals surface area contributed by atoms with Crippen molar-refractivity contribution in [3.63, 3.8) is 0 Å². The van der Waals surface area contributed by atoms with Gasteiger partial charge in [0.15, 0.2) is 5.11 Å². The van der Waals surface area contributed by atoms with Gasteiger partial charge in [0.05, 0.1) is 27.8 Å². The Kier molecular flexibility index (Phi) is 7.26. The summed E-state index contributed by atoms with van der Waals surface area (Å²) in [5.41, 5.74) is 2.02. The molecule has 2 amide bonds. The van der Waals surface area contributed by atoms with Crippen molar-refractivity contribution in [2.24, 2.45) is 7.05 Å². The minimum atomic E-state index is -0.756. The lowest BCUT2D eigenvalue weighted by molar-refractivity contribution is -0.122. The maximum Gasteiger partial charge on any atom is 0.257 e. The topological polar surface area (TPSA) is 70.5 Å². The number of hydrogen-bond donors (Lipinski definition) is 1. The molecule has 1 saturated heterocycles. The van der Waals surface area contributed by atoms with E-state index < -0.39 is 6.04 Å². The summed E-state index contributed by atoms with van der Waals surface area (Å²) in [6.07, 6.45) is 7.52. The maximum absolute atomic E-state index is 13.6. The number of benzene rings is 1. The molecule has 0 unspecified atom stereocenters. The van der Waals surface area contributed by atoms with Crippen LogP contribution < -0.4 is 10.2 Å². The van der Waals surface area contributed by atoms with Crippen LogP contribution in [0.2, 0.25) is 10.0 Å². The van der Waals surface area contributed by atoms with Gasteiger partial charge in [0.25, 0.3) is 5.91 Å². The normalized spacial score (nSPS) is 19.3. The van der Waals surface area contributed by atoms with Gasteiger partial charge < -0.3 is 10.2 Å². The van der Waals surface area contributed by atoms with Gasteiger partial charge in [-0.25, -0.2) is 4.90 Å². The number of hydrogen-bond acceptors (Lipinski definition) is 4. The van der Waals surface area contributed by atoms with Gasteiger partial charge in [0.1, 0.15) is 6.04 Å². The Morgan fingerprint density at radius 1 is 1.21 bits per heavy atom. The molecule has 7 nitrogen and oxygen atoms in total. The average molecular weight is 508 g/mol. The molecule has 2 heterocycles. The number of carbonyl (C=O) groups is 2. The number of thiocarbonyl (C=S) groups is 1. The van der Waals surface area contributed by atoms with Crippen molar-refractivity contribution in [2.45, 2.75) is 64.1 Å². The van der Waals surface area contributed by atoms with Crippen molar-refractivity contribution >= 4 is 58.0 Å². The predicted molar refractivity (Wildman–Crippen MR) is 133 cm³/mol. The largest absolute Gasteiger partial charge is 0.360 e. The molecule has 1 saturated carbocycles. The molecule has 1 atom stereocenters. The lowest BCUT2D eigenvalue weighted by Gasteiger charge is -2.33. The van der Waals surface area contributed by atoms with E-state index in [-0.39, 0.29) is 40.0 Å². The van der Waals surface area contributed by atoms with E-state index >= 15 is 0 Å². The number of nitrogens with one attached hydrogen (secondary N) is 1. The highest BCUT2D eigenvalue weighted by Crippen LogP contribution is 2.37. The standard InChI is InChI=1S/C23H27Cl2N5O2S/c1-14-15(12-28(2)27-14)13-29(23(33)26-16-7-4-3-5-8-16)19-11-20(31)30(22(19)32)21-17(24)9-6-10-18(21)25/h6,9-10,12,16,19H,3-5,7-8,11,13H2,1-2H3,(H,26,33)/t19-/m1/s1. The highest BCUT2D eigenvalue weighted by Gasteiger charge is 2.45. The van der Waals surface area contributed by atoms with Crippen molar-refractivity contribution in [3.8, 4) is 0 Å². The number of para-hydroxylation sites is 1. The van der Waals surface area contributed by atoms with Crippen LogP contribution in [0.5, 0.6) is 0 Å². The van der Waals surface area contributed by atoms with Gasteiger partial charge in [0, 0.05) is 31.4 Å². The molecule has 176 valence electrons. The highest BCUT2D eigenvalue weighted by molar-refractivity contribution is 7.80. The summed E-state index contributed by atoms with van der Waals surface area (Å²) in [6.45, 7) is 2.29. The van der Waals surface area contributed by atoms with Crippen molar-refractivity contribution in [3.05, 3.63) is 45.7 Å². The zero-order valence-electron chi connectivity index (χ0n) is 18.7. The highest BCUT2D eigenvalue weighted by atomic mass is 35.5. The van der Waals surface area contributed by atoms with Crippen LogP contribution in [0.15, 0.2) is 24.4 Å². The summed E-state index contributed by atoms with van der Waals surface area (Å²) in [4.78, 5) is 29.5. The molecular formula is C23H27Cl2N5O2S. The lowest BCUT2D eigenvalue weighted by atomic mass is 9.96. The van der Waals surface area contributed by atoms with Gasteiger partial charge in [-0.15, -0.1) is 0 Å². The molecule has 4 rings (SSSR count). The minimum Gasteiger partial charge on any atom is -0.360 e. The molecule has 0 bridgehead atoms. The Morgan fingerprint density at radius 3 is 2.48 bits per heavy atom. The average Bonchev–Trinajstić information content (AvgIpc) is 3.24. The smallest absolute Gasteiger partial charge is 0.257 e. The van der Waals surface area contributed by atoms with E-state index in [1.807, 2.05) is 25.1 Å². The first kappa shape index (κ1) is 24.0. The number of rotatable bonds is 5. The third-order valence-corrected chi connectivity index (χ3v) is 7.27. The number of nitrogens with zero attached hydrogens (tertiary/aromatic N) is 4. The molecule has 10 heteroatoms. The SMILES string of the molecule is Cc1nn(C)cc1CN(C(=S)NC1CCCCC1)[C@@H]1CC(=O)N(c2c(Cl)cccc2Cl)C1=O. The number of halogens is 2. The van der Waals surface area contributed by atoms with E-state index in [1.165, 1.54) is 6.42 Å². The monoisotopic (exact) mass is 507 g/mol. The lowest BCUT2D eigenvalue weighted by Crippen LogP contribution is -2.51. The van der Waals surface area contributed by atoms with E-state index in [9.17, 15) is 9.59 Å². The fourth-order valence-electron chi connectivity index (χ4n) is 4.61. The van der Waals surface area contributed by atoms with Crippen LogP contribution in [0.25, 0.3) is 0 Å². The van der Waals surface area contributed by atoms with Gasteiger partial charge in [-0.2, -0.15) is 5.10 Å². The Balaban J connectivity index is 1.64. The van der Waals surface area contributed by atoms with Crippen LogP contribution in [0, 0.1) is 6.92 Å².